The summed E-state index contributed by atoms with van der Waals surface area (Å²) in [6, 6.07) is 21.7. The Hall–Kier alpha value is -3.18. The first-order valence-corrected chi connectivity index (χ1v) is 9.55. The van der Waals surface area contributed by atoms with E-state index in [2.05, 4.69) is 27.5 Å². The highest BCUT2D eigenvalue weighted by Crippen LogP contribution is 2.44. The van der Waals surface area contributed by atoms with Crippen LogP contribution in [0.5, 0.6) is 0 Å². The van der Waals surface area contributed by atoms with E-state index in [1.807, 2.05) is 60.7 Å². The summed E-state index contributed by atoms with van der Waals surface area (Å²) >= 11 is 3.38. The van der Waals surface area contributed by atoms with Crippen LogP contribution in [0.4, 0.5) is 5.82 Å². The number of hydrogen-bond acceptors (Lipinski definition) is 4. The molecule has 1 aliphatic heterocycles. The lowest BCUT2D eigenvalue weighted by Crippen LogP contribution is -2.26. The summed E-state index contributed by atoms with van der Waals surface area (Å²) in [6.45, 7) is 4.03. The summed E-state index contributed by atoms with van der Waals surface area (Å²) in [5, 5.41) is 10.9. The Morgan fingerprint density at radius 3 is 2.32 bits per heavy atom. The molecule has 2 heterocycles. The van der Waals surface area contributed by atoms with E-state index in [4.69, 9.17) is 0 Å². The first-order valence-electron chi connectivity index (χ1n) is 8.76. The zero-order valence-corrected chi connectivity index (χ0v) is 16.5. The second-order valence-corrected chi connectivity index (χ2v) is 7.33. The molecule has 0 saturated carbocycles. The van der Waals surface area contributed by atoms with Gasteiger partial charge >= 0.3 is 0 Å². The Morgan fingerprint density at radius 1 is 1.00 bits per heavy atom. The number of nitrogens with zero attached hydrogens (tertiary/aromatic N) is 2. The van der Waals surface area contributed by atoms with Crippen LogP contribution in [0.1, 0.15) is 22.0 Å². The number of benzene rings is 2. The van der Waals surface area contributed by atoms with Crippen LogP contribution >= 0.6 is 15.9 Å². The molecule has 0 amide bonds. The molecule has 0 radical (unpaired) electrons. The number of halogens is 1. The van der Waals surface area contributed by atoms with Crippen molar-refractivity contribution in [3.63, 3.8) is 0 Å². The van der Waals surface area contributed by atoms with Gasteiger partial charge in [-0.05, 0) is 42.0 Å². The predicted molar refractivity (Wildman–Crippen MR) is 113 cm³/mol. The van der Waals surface area contributed by atoms with Gasteiger partial charge in [0.05, 0.1) is 17.3 Å². The van der Waals surface area contributed by atoms with Gasteiger partial charge in [0.1, 0.15) is 11.6 Å². The van der Waals surface area contributed by atoms with Crippen molar-refractivity contribution >= 4 is 27.5 Å². The van der Waals surface area contributed by atoms with E-state index in [0.717, 1.165) is 10.0 Å². The standard InChI is InChI=1S/C23H17BrN2O2/c1-15-22(27)20(23(28)17-10-12-18(24)13-11-17)21(16-7-3-2-4-8-16)26(15)19-9-5-6-14-25-19/h2-14,21,27H,1H2. The average molecular weight is 433 g/mol. The normalized spacial score (nSPS) is 16.5. The molecule has 0 bridgehead atoms. The molecule has 0 spiro atoms. The second kappa shape index (κ2) is 7.44. The number of Topliss-reactive ketones (excluding diaryl/α,β-unsaturated/α-hetero) is 1. The van der Waals surface area contributed by atoms with Crippen LogP contribution in [-0.4, -0.2) is 15.9 Å². The minimum absolute atomic E-state index is 0.104. The third-order valence-electron chi connectivity index (χ3n) is 4.71. The first-order chi connectivity index (χ1) is 13.6. The molecule has 1 aromatic heterocycles. The van der Waals surface area contributed by atoms with Crippen LogP contribution in [0.15, 0.2) is 107 Å². The molecule has 2 aromatic carbocycles. The van der Waals surface area contributed by atoms with Crippen LogP contribution in [0.2, 0.25) is 0 Å². The molecule has 28 heavy (non-hydrogen) atoms. The molecule has 0 aliphatic carbocycles. The van der Waals surface area contributed by atoms with Gasteiger partial charge in [-0.1, -0.05) is 58.9 Å². The highest BCUT2D eigenvalue weighted by Gasteiger charge is 2.41. The van der Waals surface area contributed by atoms with Crippen LogP contribution in [0.25, 0.3) is 0 Å². The summed E-state index contributed by atoms with van der Waals surface area (Å²) in [5.74, 6) is 0.275. The van der Waals surface area contributed by atoms with Gasteiger partial charge in [0.15, 0.2) is 5.78 Å². The molecule has 5 heteroatoms. The van der Waals surface area contributed by atoms with E-state index < -0.39 is 6.04 Å². The van der Waals surface area contributed by atoms with E-state index >= 15 is 0 Å². The van der Waals surface area contributed by atoms with Crippen LogP contribution < -0.4 is 4.90 Å². The topological polar surface area (TPSA) is 53.4 Å². The van der Waals surface area contributed by atoms with Crippen molar-refractivity contribution < 1.29 is 9.90 Å². The molecule has 3 aromatic rings. The van der Waals surface area contributed by atoms with Gasteiger partial charge < -0.3 is 10.0 Å². The minimum atomic E-state index is -0.514. The van der Waals surface area contributed by atoms with Gasteiger partial charge in [-0.2, -0.15) is 0 Å². The second-order valence-electron chi connectivity index (χ2n) is 6.42. The minimum Gasteiger partial charge on any atom is -0.505 e. The average Bonchev–Trinajstić information content (AvgIpc) is 3.00. The summed E-state index contributed by atoms with van der Waals surface area (Å²) < 4.78 is 0.882. The molecule has 1 N–H and O–H groups in total. The van der Waals surface area contributed by atoms with E-state index in [-0.39, 0.29) is 11.5 Å². The van der Waals surface area contributed by atoms with E-state index in [0.29, 0.717) is 22.7 Å². The molecule has 138 valence electrons. The fourth-order valence-corrected chi connectivity index (χ4v) is 3.65. The quantitative estimate of drug-likeness (QED) is 0.543. The zero-order valence-electron chi connectivity index (χ0n) is 14.9. The number of pyridine rings is 1. The maximum Gasteiger partial charge on any atom is 0.195 e. The van der Waals surface area contributed by atoms with Gasteiger partial charge in [-0.3, -0.25) is 4.79 Å². The number of carbonyl (C=O) groups excluding carboxylic acids is 1. The fraction of sp³-hybridized carbons (Fsp3) is 0.0435. The summed E-state index contributed by atoms with van der Waals surface area (Å²) in [6.07, 6.45) is 1.68. The van der Waals surface area contributed by atoms with Crippen molar-refractivity contribution in [1.82, 2.24) is 4.98 Å². The number of carbonyl (C=O) groups is 1. The lowest BCUT2D eigenvalue weighted by Gasteiger charge is -2.28. The molecule has 1 unspecified atom stereocenters. The maximum atomic E-state index is 13.4. The van der Waals surface area contributed by atoms with Gasteiger partial charge in [-0.25, -0.2) is 4.98 Å². The number of ketones is 1. The smallest absolute Gasteiger partial charge is 0.195 e. The van der Waals surface area contributed by atoms with E-state index in [1.54, 1.807) is 23.2 Å². The van der Waals surface area contributed by atoms with E-state index in [1.165, 1.54) is 0 Å². The molecule has 4 rings (SSSR count). The number of anilines is 1. The van der Waals surface area contributed by atoms with Gasteiger partial charge in [0, 0.05) is 16.2 Å². The molecule has 0 fully saturated rings. The number of aromatic nitrogens is 1. The third-order valence-corrected chi connectivity index (χ3v) is 5.24. The van der Waals surface area contributed by atoms with E-state index in [9.17, 15) is 9.90 Å². The number of rotatable bonds is 4. The highest BCUT2D eigenvalue weighted by molar-refractivity contribution is 9.10. The largest absolute Gasteiger partial charge is 0.505 e. The monoisotopic (exact) mass is 432 g/mol. The molecule has 0 saturated heterocycles. The van der Waals surface area contributed by atoms with Crippen molar-refractivity contribution in [3.8, 4) is 0 Å². The summed E-state index contributed by atoms with van der Waals surface area (Å²) in [5.41, 5.74) is 2.03. The van der Waals surface area contributed by atoms with Gasteiger partial charge in [-0.15, -0.1) is 0 Å². The third kappa shape index (κ3) is 3.14. The van der Waals surface area contributed by atoms with Gasteiger partial charge in [0.25, 0.3) is 0 Å². The molecule has 1 aliphatic rings. The van der Waals surface area contributed by atoms with Crippen LogP contribution in [0.3, 0.4) is 0 Å². The lowest BCUT2D eigenvalue weighted by atomic mass is 9.93. The Balaban J connectivity index is 1.86. The first kappa shape index (κ1) is 18.2. The van der Waals surface area contributed by atoms with Crippen molar-refractivity contribution in [2.45, 2.75) is 6.04 Å². The molecular formula is C23H17BrN2O2. The van der Waals surface area contributed by atoms with Gasteiger partial charge in [0.2, 0.25) is 0 Å². The maximum absolute atomic E-state index is 13.4. The number of aliphatic hydroxyl groups excluding tert-OH is 1. The van der Waals surface area contributed by atoms with Crippen molar-refractivity contribution in [3.05, 3.63) is 118 Å². The van der Waals surface area contributed by atoms with Crippen LogP contribution in [0, 0.1) is 0 Å². The SMILES string of the molecule is C=C1C(O)=C(C(=O)c2ccc(Br)cc2)C(c2ccccc2)N1c1ccccn1. The number of hydrogen-bond donors (Lipinski definition) is 1. The van der Waals surface area contributed by atoms with Crippen molar-refractivity contribution in [1.29, 1.82) is 0 Å². The Labute approximate surface area is 171 Å². The lowest BCUT2D eigenvalue weighted by molar-refractivity contribution is 0.102. The summed E-state index contributed by atoms with van der Waals surface area (Å²) in [4.78, 5) is 19.6. The Kier molecular flexibility index (Phi) is 4.84. The van der Waals surface area contributed by atoms with Crippen LogP contribution in [-0.2, 0) is 0 Å². The van der Waals surface area contributed by atoms with Crippen molar-refractivity contribution in [2.75, 3.05) is 4.90 Å². The molecular weight excluding hydrogens is 416 g/mol. The number of aliphatic hydroxyl groups is 1. The fourth-order valence-electron chi connectivity index (χ4n) is 3.39. The molecule has 1 atom stereocenters. The zero-order chi connectivity index (χ0) is 19.7. The summed E-state index contributed by atoms with van der Waals surface area (Å²) in [7, 11) is 0. The Bertz CT molecular complexity index is 1060. The Morgan fingerprint density at radius 2 is 1.68 bits per heavy atom. The van der Waals surface area contributed by atoms with Crippen molar-refractivity contribution in [2.24, 2.45) is 0 Å². The predicted octanol–water partition coefficient (Wildman–Crippen LogP) is 5.61. The highest BCUT2D eigenvalue weighted by atomic mass is 79.9. The molecule has 4 nitrogen and oxygen atoms in total.